The summed E-state index contributed by atoms with van der Waals surface area (Å²) in [5.74, 6) is 0.953. The van der Waals surface area contributed by atoms with Gasteiger partial charge in [-0.05, 0) is 49.9 Å². The highest BCUT2D eigenvalue weighted by atomic mass is 15.0. The van der Waals surface area contributed by atoms with Gasteiger partial charge < -0.3 is 5.32 Å². The predicted molar refractivity (Wildman–Crippen MR) is 70.6 cm³/mol. The van der Waals surface area contributed by atoms with Gasteiger partial charge in [-0.2, -0.15) is 0 Å². The van der Waals surface area contributed by atoms with E-state index < -0.39 is 0 Å². The molecular weight excluding hydrogens is 194 g/mol. The van der Waals surface area contributed by atoms with Crippen molar-refractivity contribution in [3.8, 4) is 0 Å². The Morgan fingerprint density at radius 1 is 0.750 bits per heavy atom. The van der Waals surface area contributed by atoms with Gasteiger partial charge in [-0.25, -0.2) is 0 Å². The third-order valence-electron chi connectivity index (χ3n) is 4.78. The van der Waals surface area contributed by atoms with Crippen LogP contribution < -0.4 is 5.32 Å². The molecule has 2 aliphatic rings. The molecule has 2 fully saturated rings. The average molecular weight is 223 g/mol. The van der Waals surface area contributed by atoms with Gasteiger partial charge in [-0.1, -0.05) is 33.6 Å². The van der Waals surface area contributed by atoms with Crippen LogP contribution in [0.1, 0.15) is 72.1 Å². The summed E-state index contributed by atoms with van der Waals surface area (Å²) in [7, 11) is 0. The SMILES string of the molecule is CC(C)(C)C1CCC(NC2CCCC2)CC1. The molecule has 0 aromatic rings. The maximum Gasteiger partial charge on any atom is 0.00698 e. The van der Waals surface area contributed by atoms with Gasteiger partial charge in [0, 0.05) is 12.1 Å². The number of hydrogen-bond acceptors (Lipinski definition) is 1. The average Bonchev–Trinajstić information content (AvgIpc) is 2.70. The van der Waals surface area contributed by atoms with Crippen LogP contribution in [0.5, 0.6) is 0 Å². The minimum absolute atomic E-state index is 0.526. The van der Waals surface area contributed by atoms with E-state index >= 15 is 0 Å². The van der Waals surface area contributed by atoms with Crippen LogP contribution in [-0.4, -0.2) is 12.1 Å². The fraction of sp³-hybridized carbons (Fsp3) is 1.00. The van der Waals surface area contributed by atoms with E-state index in [1.807, 2.05) is 0 Å². The van der Waals surface area contributed by atoms with Gasteiger partial charge in [0.15, 0.2) is 0 Å². The Labute approximate surface area is 101 Å². The number of hydrogen-bond donors (Lipinski definition) is 1. The van der Waals surface area contributed by atoms with Crippen LogP contribution in [0.3, 0.4) is 0 Å². The molecule has 0 aromatic carbocycles. The summed E-state index contributed by atoms with van der Waals surface area (Å²) < 4.78 is 0. The van der Waals surface area contributed by atoms with E-state index in [1.165, 1.54) is 51.4 Å². The van der Waals surface area contributed by atoms with Crippen LogP contribution in [0.2, 0.25) is 0 Å². The van der Waals surface area contributed by atoms with Crippen molar-refractivity contribution in [3.05, 3.63) is 0 Å². The minimum Gasteiger partial charge on any atom is -0.311 e. The van der Waals surface area contributed by atoms with E-state index in [2.05, 4.69) is 26.1 Å². The first-order chi connectivity index (χ1) is 7.55. The van der Waals surface area contributed by atoms with Crippen molar-refractivity contribution >= 4 is 0 Å². The van der Waals surface area contributed by atoms with Crippen molar-refractivity contribution in [2.75, 3.05) is 0 Å². The molecule has 2 saturated carbocycles. The highest BCUT2D eigenvalue weighted by Gasteiger charge is 2.30. The lowest BCUT2D eigenvalue weighted by atomic mass is 9.71. The second kappa shape index (κ2) is 5.08. The van der Waals surface area contributed by atoms with Crippen molar-refractivity contribution in [1.29, 1.82) is 0 Å². The highest BCUT2D eigenvalue weighted by molar-refractivity contribution is 4.86. The van der Waals surface area contributed by atoms with E-state index in [-0.39, 0.29) is 0 Å². The maximum absolute atomic E-state index is 3.89. The quantitative estimate of drug-likeness (QED) is 0.742. The molecular formula is C15H29N. The standard InChI is InChI=1S/C15H29N/c1-15(2,3)12-8-10-14(11-9-12)16-13-6-4-5-7-13/h12-14,16H,4-11H2,1-3H3. The smallest absolute Gasteiger partial charge is 0.00698 e. The van der Waals surface area contributed by atoms with Gasteiger partial charge in [0.2, 0.25) is 0 Å². The molecule has 94 valence electrons. The summed E-state index contributed by atoms with van der Waals surface area (Å²) >= 11 is 0. The van der Waals surface area contributed by atoms with Gasteiger partial charge in [-0.3, -0.25) is 0 Å². The normalized spacial score (nSPS) is 33.2. The van der Waals surface area contributed by atoms with Crippen molar-refractivity contribution < 1.29 is 0 Å². The van der Waals surface area contributed by atoms with Gasteiger partial charge in [-0.15, -0.1) is 0 Å². The third kappa shape index (κ3) is 3.23. The number of rotatable bonds is 2. The van der Waals surface area contributed by atoms with Crippen LogP contribution >= 0.6 is 0 Å². The van der Waals surface area contributed by atoms with Crippen LogP contribution in [0.25, 0.3) is 0 Å². The Hall–Kier alpha value is -0.0400. The largest absolute Gasteiger partial charge is 0.311 e. The molecule has 0 amide bonds. The van der Waals surface area contributed by atoms with Crippen molar-refractivity contribution in [2.45, 2.75) is 84.2 Å². The maximum atomic E-state index is 3.89. The van der Waals surface area contributed by atoms with Crippen molar-refractivity contribution in [3.63, 3.8) is 0 Å². The molecule has 0 aliphatic heterocycles. The number of nitrogens with one attached hydrogen (secondary N) is 1. The summed E-state index contributed by atoms with van der Waals surface area (Å²) in [5, 5.41) is 3.89. The summed E-state index contributed by atoms with van der Waals surface area (Å²) in [5.41, 5.74) is 0.526. The zero-order chi connectivity index (χ0) is 11.6. The summed E-state index contributed by atoms with van der Waals surface area (Å²) in [6, 6.07) is 1.69. The molecule has 1 nitrogen and oxygen atoms in total. The molecule has 2 rings (SSSR count). The van der Waals surface area contributed by atoms with E-state index in [4.69, 9.17) is 0 Å². The van der Waals surface area contributed by atoms with Crippen molar-refractivity contribution in [1.82, 2.24) is 5.32 Å². The first-order valence-electron chi connectivity index (χ1n) is 7.32. The summed E-state index contributed by atoms with van der Waals surface area (Å²) in [6.07, 6.45) is 11.5. The van der Waals surface area contributed by atoms with E-state index in [1.54, 1.807) is 0 Å². The van der Waals surface area contributed by atoms with Crippen molar-refractivity contribution in [2.24, 2.45) is 11.3 Å². The lowest BCUT2D eigenvalue weighted by molar-refractivity contribution is 0.156. The second-order valence-electron chi connectivity index (χ2n) is 7.06. The van der Waals surface area contributed by atoms with E-state index in [0.29, 0.717) is 5.41 Å². The molecule has 0 aromatic heterocycles. The van der Waals surface area contributed by atoms with Gasteiger partial charge in [0.1, 0.15) is 0 Å². The molecule has 1 N–H and O–H groups in total. The summed E-state index contributed by atoms with van der Waals surface area (Å²) in [6.45, 7) is 7.22. The van der Waals surface area contributed by atoms with Crippen LogP contribution in [0, 0.1) is 11.3 Å². The second-order valence-corrected chi connectivity index (χ2v) is 7.06. The predicted octanol–water partition coefficient (Wildman–Crippen LogP) is 4.12. The Kier molecular flexibility index (Phi) is 3.94. The van der Waals surface area contributed by atoms with Gasteiger partial charge >= 0.3 is 0 Å². The Bertz CT molecular complexity index is 202. The Morgan fingerprint density at radius 3 is 1.75 bits per heavy atom. The molecule has 0 spiro atoms. The lowest BCUT2D eigenvalue weighted by Crippen LogP contribution is -2.40. The van der Waals surface area contributed by atoms with Crippen LogP contribution in [0.4, 0.5) is 0 Å². The molecule has 0 heterocycles. The summed E-state index contributed by atoms with van der Waals surface area (Å²) in [4.78, 5) is 0. The first-order valence-corrected chi connectivity index (χ1v) is 7.32. The zero-order valence-corrected chi connectivity index (χ0v) is 11.4. The molecule has 1 heteroatoms. The Balaban J connectivity index is 1.72. The monoisotopic (exact) mass is 223 g/mol. The molecule has 0 unspecified atom stereocenters. The van der Waals surface area contributed by atoms with E-state index in [0.717, 1.165) is 18.0 Å². The van der Waals surface area contributed by atoms with Crippen LogP contribution in [-0.2, 0) is 0 Å². The highest BCUT2D eigenvalue weighted by Crippen LogP contribution is 2.38. The van der Waals surface area contributed by atoms with Crippen LogP contribution in [0.15, 0.2) is 0 Å². The molecule has 0 saturated heterocycles. The minimum atomic E-state index is 0.526. The van der Waals surface area contributed by atoms with Gasteiger partial charge in [0.25, 0.3) is 0 Å². The molecule has 2 aliphatic carbocycles. The lowest BCUT2D eigenvalue weighted by Gasteiger charge is -2.38. The molecule has 0 atom stereocenters. The molecule has 0 radical (unpaired) electrons. The third-order valence-corrected chi connectivity index (χ3v) is 4.78. The van der Waals surface area contributed by atoms with Gasteiger partial charge in [0.05, 0.1) is 0 Å². The first kappa shape index (κ1) is 12.4. The fourth-order valence-corrected chi connectivity index (χ4v) is 3.55. The fourth-order valence-electron chi connectivity index (χ4n) is 3.55. The molecule has 16 heavy (non-hydrogen) atoms. The zero-order valence-electron chi connectivity index (χ0n) is 11.4. The van der Waals surface area contributed by atoms with E-state index in [9.17, 15) is 0 Å². The molecule has 0 bridgehead atoms. The topological polar surface area (TPSA) is 12.0 Å². The Morgan fingerprint density at radius 2 is 1.25 bits per heavy atom.